The Labute approximate surface area is 151 Å². The Balaban J connectivity index is 2.06. The van der Waals surface area contributed by atoms with E-state index < -0.39 is 32.8 Å². The number of aliphatic hydroxyl groups is 1. The van der Waals surface area contributed by atoms with Crippen LogP contribution in [0.1, 0.15) is 19.8 Å². The van der Waals surface area contributed by atoms with Crippen LogP contribution in [0, 0.1) is 22.0 Å². The lowest BCUT2D eigenvalue weighted by Crippen LogP contribution is -2.57. The number of nitro benzene ring substituents is 1. The minimum atomic E-state index is -4.19. The summed E-state index contributed by atoms with van der Waals surface area (Å²) < 4.78 is 27.5. The van der Waals surface area contributed by atoms with Gasteiger partial charge in [0.05, 0.1) is 17.1 Å². The molecule has 1 aromatic rings. The molecule has 1 heterocycles. The fraction of sp³-hybridized carbons (Fsp3) is 0.471. The minimum Gasteiger partial charge on any atom is -0.391 e. The van der Waals surface area contributed by atoms with Crippen molar-refractivity contribution in [3.05, 3.63) is 46.0 Å². The SMILES string of the molecule is C/C=C1/CN(S(=O)(=O)c2ccccc2[N+](=O)[O-])C2CC1[C@@H](C=O)C[C@@H]2O. The molecule has 2 unspecified atom stereocenters. The van der Waals surface area contributed by atoms with E-state index in [1.54, 1.807) is 13.0 Å². The summed E-state index contributed by atoms with van der Waals surface area (Å²) in [6.07, 6.45) is 2.12. The minimum absolute atomic E-state index is 0.0155. The van der Waals surface area contributed by atoms with Crippen molar-refractivity contribution < 1.29 is 23.2 Å². The first-order valence-electron chi connectivity index (χ1n) is 8.35. The van der Waals surface area contributed by atoms with Gasteiger partial charge in [-0.05, 0) is 31.7 Å². The summed E-state index contributed by atoms with van der Waals surface area (Å²) in [4.78, 5) is 21.5. The number of carbonyl (C=O) groups is 1. The number of nitrogens with zero attached hydrogens (tertiary/aromatic N) is 2. The van der Waals surface area contributed by atoms with Gasteiger partial charge in [-0.1, -0.05) is 23.8 Å². The van der Waals surface area contributed by atoms with E-state index in [9.17, 15) is 28.4 Å². The molecular weight excluding hydrogens is 360 g/mol. The van der Waals surface area contributed by atoms with Crippen LogP contribution < -0.4 is 0 Å². The number of hydrogen-bond acceptors (Lipinski definition) is 6. The van der Waals surface area contributed by atoms with Gasteiger partial charge in [0, 0.05) is 18.5 Å². The van der Waals surface area contributed by atoms with Crippen molar-refractivity contribution in [1.29, 1.82) is 0 Å². The first-order chi connectivity index (χ1) is 12.3. The Morgan fingerprint density at radius 3 is 2.62 bits per heavy atom. The molecule has 4 atom stereocenters. The number of aliphatic hydroxyl groups excluding tert-OH is 1. The molecule has 2 aliphatic rings. The molecule has 1 saturated carbocycles. The van der Waals surface area contributed by atoms with Crippen molar-refractivity contribution in [3.63, 3.8) is 0 Å². The number of nitro groups is 1. The van der Waals surface area contributed by atoms with Crippen LogP contribution in [0.25, 0.3) is 0 Å². The molecule has 8 nitrogen and oxygen atoms in total. The molecule has 9 heteroatoms. The molecule has 1 N–H and O–H groups in total. The van der Waals surface area contributed by atoms with Gasteiger partial charge < -0.3 is 9.90 Å². The van der Waals surface area contributed by atoms with Crippen molar-refractivity contribution in [2.75, 3.05) is 6.54 Å². The van der Waals surface area contributed by atoms with E-state index >= 15 is 0 Å². The van der Waals surface area contributed by atoms with E-state index in [1.165, 1.54) is 18.2 Å². The zero-order chi connectivity index (χ0) is 19.1. The van der Waals surface area contributed by atoms with E-state index in [4.69, 9.17) is 0 Å². The van der Waals surface area contributed by atoms with Crippen molar-refractivity contribution in [1.82, 2.24) is 4.31 Å². The van der Waals surface area contributed by atoms with Crippen LogP contribution in [0.5, 0.6) is 0 Å². The molecule has 0 radical (unpaired) electrons. The van der Waals surface area contributed by atoms with Gasteiger partial charge in [-0.15, -0.1) is 0 Å². The molecule has 2 bridgehead atoms. The van der Waals surface area contributed by atoms with Gasteiger partial charge in [-0.25, -0.2) is 8.42 Å². The molecule has 1 aliphatic heterocycles. The maximum atomic E-state index is 13.2. The lowest BCUT2D eigenvalue weighted by molar-refractivity contribution is -0.387. The second-order valence-electron chi connectivity index (χ2n) is 6.65. The number of para-hydroxylation sites is 1. The monoisotopic (exact) mass is 380 g/mol. The molecule has 1 aromatic carbocycles. The highest BCUT2D eigenvalue weighted by atomic mass is 32.2. The number of benzene rings is 1. The van der Waals surface area contributed by atoms with E-state index in [0.29, 0.717) is 6.42 Å². The number of sulfonamides is 1. The first-order valence-corrected chi connectivity index (χ1v) is 9.79. The number of allylic oxidation sites excluding steroid dienone is 1. The van der Waals surface area contributed by atoms with Crippen LogP contribution in [0.15, 0.2) is 40.8 Å². The smallest absolute Gasteiger partial charge is 0.289 e. The third-order valence-electron chi connectivity index (χ3n) is 5.35. The Morgan fingerprint density at radius 2 is 2.00 bits per heavy atom. The van der Waals surface area contributed by atoms with Crippen molar-refractivity contribution in [3.8, 4) is 0 Å². The summed E-state index contributed by atoms with van der Waals surface area (Å²) in [7, 11) is -4.19. The highest BCUT2D eigenvalue weighted by Crippen LogP contribution is 2.43. The Hall–Kier alpha value is -2.10. The van der Waals surface area contributed by atoms with Gasteiger partial charge >= 0.3 is 0 Å². The predicted molar refractivity (Wildman–Crippen MR) is 92.8 cm³/mol. The molecule has 26 heavy (non-hydrogen) atoms. The van der Waals surface area contributed by atoms with Crippen LogP contribution in [0.4, 0.5) is 5.69 Å². The topological polar surface area (TPSA) is 118 Å². The zero-order valence-corrected chi connectivity index (χ0v) is 15.0. The molecule has 0 spiro atoms. The molecule has 2 fully saturated rings. The largest absolute Gasteiger partial charge is 0.391 e. The van der Waals surface area contributed by atoms with Gasteiger partial charge in [0.2, 0.25) is 0 Å². The third kappa shape index (κ3) is 2.95. The summed E-state index contributed by atoms with van der Waals surface area (Å²) >= 11 is 0. The van der Waals surface area contributed by atoms with Crippen LogP contribution in [-0.2, 0) is 14.8 Å². The first kappa shape index (κ1) is 18.7. The lowest BCUT2D eigenvalue weighted by Gasteiger charge is -2.48. The van der Waals surface area contributed by atoms with Crippen molar-refractivity contribution in [2.24, 2.45) is 11.8 Å². The molecular formula is C17H20N2O6S. The number of rotatable bonds is 4. The highest BCUT2D eigenvalue weighted by molar-refractivity contribution is 7.89. The van der Waals surface area contributed by atoms with Crippen molar-refractivity contribution in [2.45, 2.75) is 36.8 Å². The maximum absolute atomic E-state index is 13.2. The van der Waals surface area contributed by atoms with Gasteiger partial charge in [0.25, 0.3) is 15.7 Å². The molecule has 1 saturated heterocycles. The Bertz CT molecular complexity index is 866. The summed E-state index contributed by atoms with van der Waals surface area (Å²) in [5.74, 6) is -0.452. The summed E-state index contributed by atoms with van der Waals surface area (Å²) in [6.45, 7) is 1.79. The third-order valence-corrected chi connectivity index (χ3v) is 7.27. The number of fused-ring (bicyclic) bond motifs is 2. The van der Waals surface area contributed by atoms with Crippen LogP contribution >= 0.6 is 0 Å². The second kappa shape index (κ2) is 6.90. The summed E-state index contributed by atoms with van der Waals surface area (Å²) in [5.41, 5.74) is 0.306. The molecule has 0 amide bonds. The van der Waals surface area contributed by atoms with E-state index in [0.717, 1.165) is 22.2 Å². The van der Waals surface area contributed by atoms with Crippen LogP contribution in [0.3, 0.4) is 0 Å². The van der Waals surface area contributed by atoms with Crippen molar-refractivity contribution >= 4 is 22.0 Å². The fourth-order valence-corrected chi connectivity index (χ4v) is 5.83. The lowest BCUT2D eigenvalue weighted by atomic mass is 9.70. The second-order valence-corrected chi connectivity index (χ2v) is 8.51. The maximum Gasteiger partial charge on any atom is 0.289 e. The number of aldehydes is 1. The summed E-state index contributed by atoms with van der Waals surface area (Å²) in [6, 6.07) is 4.49. The zero-order valence-electron chi connectivity index (χ0n) is 14.2. The average molecular weight is 380 g/mol. The molecule has 0 aromatic heterocycles. The average Bonchev–Trinajstić information content (AvgIpc) is 2.64. The summed E-state index contributed by atoms with van der Waals surface area (Å²) in [5, 5.41) is 21.7. The molecule has 1 aliphatic carbocycles. The molecule has 3 rings (SSSR count). The normalized spacial score (nSPS) is 30.9. The van der Waals surface area contributed by atoms with E-state index in [2.05, 4.69) is 0 Å². The quantitative estimate of drug-likeness (QED) is 0.366. The van der Waals surface area contributed by atoms with Crippen LogP contribution in [0.2, 0.25) is 0 Å². The van der Waals surface area contributed by atoms with Gasteiger partial charge in [0.1, 0.15) is 6.29 Å². The fourth-order valence-electron chi connectivity index (χ4n) is 4.01. The number of carbonyl (C=O) groups excluding carboxylic acids is 1. The number of piperidine rings is 1. The standard InChI is InChI=1S/C17H20N2O6S/c1-2-11-9-18(15-8-13(11)12(10-20)7-16(15)21)26(24,25)17-6-4-3-5-14(17)19(22)23/h2-6,10,12-13,15-16,21H,7-9H2,1H3/b11-2-/t12-,13?,15?,16+/m1/s1. The Kier molecular flexibility index (Phi) is 4.96. The Morgan fingerprint density at radius 1 is 1.31 bits per heavy atom. The molecule has 140 valence electrons. The van der Waals surface area contributed by atoms with Gasteiger partial charge in [-0.3, -0.25) is 10.1 Å². The van der Waals surface area contributed by atoms with Crippen LogP contribution in [-0.4, -0.2) is 47.7 Å². The predicted octanol–water partition coefficient (Wildman–Crippen LogP) is 1.50. The van der Waals surface area contributed by atoms with Gasteiger partial charge in [0.15, 0.2) is 4.90 Å². The van der Waals surface area contributed by atoms with E-state index in [-0.39, 0.29) is 29.7 Å². The number of hydrogen-bond donors (Lipinski definition) is 1. The van der Waals surface area contributed by atoms with E-state index in [1.807, 2.05) is 0 Å². The van der Waals surface area contributed by atoms with Gasteiger partial charge in [-0.2, -0.15) is 4.31 Å². The highest BCUT2D eigenvalue weighted by Gasteiger charge is 2.49.